The Kier molecular flexibility index (Phi) is 7.68. The average molecular weight is 505 g/mol. The number of piperidine rings is 1. The van der Waals surface area contributed by atoms with Crippen LogP contribution in [0.2, 0.25) is 0 Å². The maximum absolute atomic E-state index is 13.3. The summed E-state index contributed by atoms with van der Waals surface area (Å²) in [4.78, 5) is 34.0. The normalized spacial score (nSPS) is 20.8. The van der Waals surface area contributed by atoms with Crippen LogP contribution >= 0.6 is 0 Å². The third-order valence-electron chi connectivity index (χ3n) is 8.85. The predicted molar refractivity (Wildman–Crippen MR) is 146 cm³/mol. The number of hydrogen-bond acceptors (Lipinski definition) is 5. The summed E-state index contributed by atoms with van der Waals surface area (Å²) < 4.78 is 0. The molecule has 3 heterocycles. The minimum absolute atomic E-state index is 0.0757. The maximum atomic E-state index is 13.3. The van der Waals surface area contributed by atoms with Gasteiger partial charge in [-0.1, -0.05) is 31.4 Å². The zero-order valence-corrected chi connectivity index (χ0v) is 22.0. The Morgan fingerprint density at radius 1 is 1.08 bits per heavy atom. The van der Waals surface area contributed by atoms with E-state index in [1.165, 1.54) is 17.7 Å². The lowest BCUT2D eigenvalue weighted by atomic mass is 9.73. The first-order valence-electron chi connectivity index (χ1n) is 14.0. The van der Waals surface area contributed by atoms with E-state index in [0.29, 0.717) is 18.9 Å². The van der Waals surface area contributed by atoms with E-state index in [1.54, 1.807) is 4.90 Å². The first-order chi connectivity index (χ1) is 17.9. The molecule has 2 N–H and O–H groups in total. The number of aryl methyl sites for hydroxylation is 1. The number of carbonyl (C=O) groups is 2. The Hall–Kier alpha value is -3.09. The van der Waals surface area contributed by atoms with Crippen LogP contribution in [-0.2, 0) is 16.0 Å². The van der Waals surface area contributed by atoms with Gasteiger partial charge in [-0.3, -0.25) is 4.79 Å². The number of carboxylic acid groups (broad SMARTS) is 1. The van der Waals surface area contributed by atoms with Crippen LogP contribution in [0.1, 0.15) is 62.5 Å². The van der Waals surface area contributed by atoms with Gasteiger partial charge in [0.2, 0.25) is 5.91 Å². The number of aliphatic carboxylic acids is 1. The number of amides is 1. The SMILES string of the molecule is Cc1ccnc(NCC2CCN(c3ccc(CC(C(=O)O)N4CCC5(CCCCC5)C4=O)cc3)CC2)c1. The van der Waals surface area contributed by atoms with Gasteiger partial charge in [0.05, 0.1) is 5.41 Å². The van der Waals surface area contributed by atoms with Crippen LogP contribution in [0.15, 0.2) is 42.6 Å². The minimum atomic E-state index is -0.901. The van der Waals surface area contributed by atoms with E-state index >= 15 is 0 Å². The second kappa shape index (κ2) is 11.1. The lowest BCUT2D eigenvalue weighted by molar-refractivity contribution is -0.151. The molecule has 1 saturated carbocycles. The molecule has 7 nitrogen and oxygen atoms in total. The number of benzene rings is 1. The monoisotopic (exact) mass is 504 g/mol. The third-order valence-corrected chi connectivity index (χ3v) is 8.85. The first kappa shape index (κ1) is 25.6. The fourth-order valence-corrected chi connectivity index (χ4v) is 6.51. The number of carbonyl (C=O) groups excluding carboxylic acids is 1. The highest BCUT2D eigenvalue weighted by molar-refractivity contribution is 5.89. The van der Waals surface area contributed by atoms with Crippen LogP contribution < -0.4 is 10.2 Å². The third kappa shape index (κ3) is 5.76. The highest BCUT2D eigenvalue weighted by Gasteiger charge is 2.49. The van der Waals surface area contributed by atoms with Crippen molar-refractivity contribution in [3.63, 3.8) is 0 Å². The van der Waals surface area contributed by atoms with E-state index in [4.69, 9.17) is 0 Å². The molecule has 1 atom stereocenters. The van der Waals surface area contributed by atoms with Gasteiger partial charge in [-0.15, -0.1) is 0 Å². The van der Waals surface area contributed by atoms with Gasteiger partial charge in [0.15, 0.2) is 0 Å². The predicted octanol–water partition coefficient (Wildman–Crippen LogP) is 4.90. The van der Waals surface area contributed by atoms with Gasteiger partial charge < -0.3 is 20.2 Å². The second-order valence-electron chi connectivity index (χ2n) is 11.3. The van der Waals surface area contributed by atoms with Crippen molar-refractivity contribution in [3.8, 4) is 0 Å². The standard InChI is InChI=1S/C30H40N4O3/c1-22-9-15-31-27(19-22)32-21-24-10-16-33(17-11-24)25-7-5-23(6-8-25)20-26(28(35)36)34-18-14-30(29(34)37)12-3-2-4-13-30/h5-9,15,19,24,26H,2-4,10-14,16-18,20-21H2,1H3,(H,31,32)(H,35,36). The molecule has 2 aliphatic heterocycles. The van der Waals surface area contributed by atoms with E-state index in [2.05, 4.69) is 40.3 Å². The quantitative estimate of drug-likeness (QED) is 0.532. The molecule has 5 rings (SSSR count). The Balaban J connectivity index is 1.14. The molecular weight excluding hydrogens is 464 g/mol. The highest BCUT2D eigenvalue weighted by atomic mass is 16.4. The number of aromatic nitrogens is 1. The number of carboxylic acids is 1. The fourth-order valence-electron chi connectivity index (χ4n) is 6.51. The molecule has 1 aliphatic carbocycles. The van der Waals surface area contributed by atoms with E-state index in [9.17, 15) is 14.7 Å². The van der Waals surface area contributed by atoms with Gasteiger partial charge in [-0.25, -0.2) is 9.78 Å². The fraction of sp³-hybridized carbons (Fsp3) is 0.567. The zero-order valence-electron chi connectivity index (χ0n) is 22.0. The van der Waals surface area contributed by atoms with Crippen molar-refractivity contribution in [2.45, 2.75) is 70.8 Å². The summed E-state index contributed by atoms with van der Waals surface area (Å²) in [5.74, 6) is 0.746. The summed E-state index contributed by atoms with van der Waals surface area (Å²) in [5, 5.41) is 13.5. The topological polar surface area (TPSA) is 85.8 Å². The Morgan fingerprint density at radius 2 is 1.81 bits per heavy atom. The largest absolute Gasteiger partial charge is 0.480 e. The van der Waals surface area contributed by atoms with Gasteiger partial charge in [-0.05, 0) is 80.3 Å². The van der Waals surface area contributed by atoms with E-state index < -0.39 is 12.0 Å². The van der Waals surface area contributed by atoms with Gasteiger partial charge in [0.1, 0.15) is 11.9 Å². The summed E-state index contributed by atoms with van der Waals surface area (Å²) in [7, 11) is 0. The molecule has 1 spiro atoms. The van der Waals surface area contributed by atoms with Crippen LogP contribution in [0.5, 0.6) is 0 Å². The molecule has 1 aromatic carbocycles. The van der Waals surface area contributed by atoms with Gasteiger partial charge in [0, 0.05) is 44.5 Å². The lowest BCUT2D eigenvalue weighted by Crippen LogP contribution is -2.46. The number of nitrogens with zero attached hydrogens (tertiary/aromatic N) is 3. The molecule has 3 fully saturated rings. The molecule has 198 valence electrons. The maximum Gasteiger partial charge on any atom is 0.326 e. The van der Waals surface area contributed by atoms with Crippen LogP contribution in [0.4, 0.5) is 11.5 Å². The molecule has 2 saturated heterocycles. The average Bonchev–Trinajstić information content (AvgIpc) is 3.21. The summed E-state index contributed by atoms with van der Waals surface area (Å²) in [5.41, 5.74) is 3.07. The van der Waals surface area contributed by atoms with Crippen molar-refractivity contribution < 1.29 is 14.7 Å². The van der Waals surface area contributed by atoms with E-state index in [0.717, 1.165) is 76.0 Å². The van der Waals surface area contributed by atoms with Crippen LogP contribution in [-0.4, -0.2) is 59.1 Å². The first-order valence-corrected chi connectivity index (χ1v) is 14.0. The number of pyridine rings is 1. The summed E-state index contributed by atoms with van der Waals surface area (Å²) in [6.07, 6.45) is 10.4. The number of anilines is 2. The number of likely N-dealkylation sites (tertiary alicyclic amines) is 1. The number of nitrogens with one attached hydrogen (secondary N) is 1. The highest BCUT2D eigenvalue weighted by Crippen LogP contribution is 2.45. The summed E-state index contributed by atoms with van der Waals surface area (Å²) in [6.45, 7) is 5.61. The Morgan fingerprint density at radius 3 is 2.49 bits per heavy atom. The number of hydrogen-bond donors (Lipinski definition) is 2. The molecule has 7 heteroatoms. The molecule has 2 aromatic rings. The molecule has 1 amide bonds. The van der Waals surface area contributed by atoms with Crippen molar-refractivity contribution in [1.29, 1.82) is 0 Å². The van der Waals surface area contributed by atoms with E-state index in [-0.39, 0.29) is 11.3 Å². The number of rotatable bonds is 8. The molecule has 3 aliphatic rings. The van der Waals surface area contributed by atoms with Crippen LogP contribution in [0.25, 0.3) is 0 Å². The molecule has 37 heavy (non-hydrogen) atoms. The van der Waals surface area contributed by atoms with Crippen molar-refractivity contribution in [2.24, 2.45) is 11.3 Å². The van der Waals surface area contributed by atoms with Crippen molar-refractivity contribution in [1.82, 2.24) is 9.88 Å². The second-order valence-corrected chi connectivity index (χ2v) is 11.3. The van der Waals surface area contributed by atoms with Crippen molar-refractivity contribution in [3.05, 3.63) is 53.7 Å². The summed E-state index contributed by atoms with van der Waals surface area (Å²) >= 11 is 0. The molecular formula is C30H40N4O3. The Bertz CT molecular complexity index is 1090. The molecule has 1 aromatic heterocycles. The van der Waals surface area contributed by atoms with Crippen molar-refractivity contribution >= 4 is 23.4 Å². The van der Waals surface area contributed by atoms with E-state index in [1.807, 2.05) is 24.4 Å². The summed E-state index contributed by atoms with van der Waals surface area (Å²) in [6, 6.07) is 11.6. The molecule has 0 radical (unpaired) electrons. The van der Waals surface area contributed by atoms with Crippen LogP contribution in [0, 0.1) is 18.3 Å². The minimum Gasteiger partial charge on any atom is -0.480 e. The molecule has 1 unspecified atom stereocenters. The van der Waals surface area contributed by atoms with Gasteiger partial charge >= 0.3 is 5.97 Å². The van der Waals surface area contributed by atoms with Crippen molar-refractivity contribution in [2.75, 3.05) is 36.4 Å². The van der Waals surface area contributed by atoms with Crippen LogP contribution in [0.3, 0.4) is 0 Å². The smallest absolute Gasteiger partial charge is 0.326 e. The Labute approximate surface area is 220 Å². The lowest BCUT2D eigenvalue weighted by Gasteiger charge is -2.34. The molecule has 0 bridgehead atoms. The van der Waals surface area contributed by atoms with Gasteiger partial charge in [-0.2, -0.15) is 0 Å². The zero-order chi connectivity index (χ0) is 25.8. The van der Waals surface area contributed by atoms with Gasteiger partial charge in [0.25, 0.3) is 0 Å².